The first-order valence-electron chi connectivity index (χ1n) is 5.19. The van der Waals surface area contributed by atoms with Crippen LogP contribution >= 0.6 is 11.6 Å². The molecule has 15 heavy (non-hydrogen) atoms. The number of halogens is 1. The highest BCUT2D eigenvalue weighted by atomic mass is 35.5. The normalized spacial score (nSPS) is 16.9. The van der Waals surface area contributed by atoms with Gasteiger partial charge in [0.2, 0.25) is 0 Å². The minimum absolute atomic E-state index is 0.357. The Bertz CT molecular complexity index is 379. The molecule has 0 amide bonds. The fraction of sp³-hybridized carbons (Fsp3) is 0.417. The minimum Gasteiger partial charge on any atom is -0.369 e. The lowest BCUT2D eigenvalue weighted by Crippen LogP contribution is -2.33. The van der Waals surface area contributed by atoms with E-state index in [2.05, 4.69) is 17.9 Å². The van der Waals surface area contributed by atoms with Crippen molar-refractivity contribution < 1.29 is 4.79 Å². The maximum atomic E-state index is 11.1. The van der Waals surface area contributed by atoms with Crippen LogP contribution in [-0.4, -0.2) is 18.9 Å². The van der Waals surface area contributed by atoms with Crippen LogP contribution in [-0.2, 0) is 4.79 Å². The number of anilines is 1. The smallest absolute Gasteiger partial charge is 0.136 e. The minimum atomic E-state index is 0.357. The SMILES string of the molecule is Cc1ccc(Cl)c(N2CCC(=O)CC2)c1. The average molecular weight is 224 g/mol. The van der Waals surface area contributed by atoms with Crippen molar-refractivity contribution in [3.05, 3.63) is 28.8 Å². The summed E-state index contributed by atoms with van der Waals surface area (Å²) in [5, 5.41) is 0.773. The van der Waals surface area contributed by atoms with Crippen LogP contribution < -0.4 is 4.90 Å². The van der Waals surface area contributed by atoms with Gasteiger partial charge in [0.25, 0.3) is 0 Å². The number of carbonyl (C=O) groups excluding carboxylic acids is 1. The van der Waals surface area contributed by atoms with Gasteiger partial charge in [0.05, 0.1) is 10.7 Å². The highest BCUT2D eigenvalue weighted by Crippen LogP contribution is 2.28. The molecule has 0 aliphatic carbocycles. The van der Waals surface area contributed by atoms with Crippen molar-refractivity contribution in [1.82, 2.24) is 0 Å². The molecule has 0 radical (unpaired) electrons. The highest BCUT2D eigenvalue weighted by Gasteiger charge is 2.18. The summed E-state index contributed by atoms with van der Waals surface area (Å²) in [6, 6.07) is 6.00. The summed E-state index contributed by atoms with van der Waals surface area (Å²) in [5.41, 5.74) is 2.26. The average Bonchev–Trinajstić information content (AvgIpc) is 2.23. The number of Topliss-reactive ketones (excluding diaryl/α,β-unsaturated/α-hetero) is 1. The largest absolute Gasteiger partial charge is 0.369 e. The van der Waals surface area contributed by atoms with Crippen molar-refractivity contribution in [3.8, 4) is 0 Å². The highest BCUT2D eigenvalue weighted by molar-refractivity contribution is 6.33. The zero-order valence-electron chi connectivity index (χ0n) is 8.79. The molecule has 0 bridgehead atoms. The van der Waals surface area contributed by atoms with E-state index in [1.54, 1.807) is 0 Å². The van der Waals surface area contributed by atoms with Crippen LogP contribution in [0.4, 0.5) is 5.69 Å². The van der Waals surface area contributed by atoms with Gasteiger partial charge < -0.3 is 4.90 Å². The van der Waals surface area contributed by atoms with Gasteiger partial charge in [-0.1, -0.05) is 17.7 Å². The lowest BCUT2D eigenvalue weighted by molar-refractivity contribution is -0.119. The Morgan fingerprint density at radius 3 is 2.60 bits per heavy atom. The number of hydrogen-bond acceptors (Lipinski definition) is 2. The zero-order chi connectivity index (χ0) is 10.8. The molecule has 2 rings (SSSR count). The summed E-state index contributed by atoms with van der Waals surface area (Å²) >= 11 is 6.14. The lowest BCUT2D eigenvalue weighted by atomic mass is 10.1. The second-order valence-electron chi connectivity index (χ2n) is 3.98. The van der Waals surface area contributed by atoms with E-state index in [1.165, 1.54) is 5.56 Å². The molecular formula is C12H14ClNO. The van der Waals surface area contributed by atoms with E-state index < -0.39 is 0 Å². The summed E-state index contributed by atoms with van der Waals surface area (Å²) in [4.78, 5) is 13.3. The van der Waals surface area contributed by atoms with Gasteiger partial charge in [-0.3, -0.25) is 4.79 Å². The number of piperidine rings is 1. The Balaban J connectivity index is 2.21. The molecule has 0 aromatic heterocycles. The molecule has 1 aliphatic heterocycles. The van der Waals surface area contributed by atoms with E-state index in [-0.39, 0.29) is 0 Å². The van der Waals surface area contributed by atoms with Crippen LogP contribution in [0.25, 0.3) is 0 Å². The predicted octanol–water partition coefficient (Wildman–Crippen LogP) is 2.82. The molecule has 0 spiro atoms. The summed E-state index contributed by atoms with van der Waals surface area (Å²) in [6.07, 6.45) is 1.29. The van der Waals surface area contributed by atoms with Gasteiger partial charge >= 0.3 is 0 Å². The molecule has 3 heteroatoms. The number of carbonyl (C=O) groups is 1. The Morgan fingerprint density at radius 1 is 1.27 bits per heavy atom. The first kappa shape index (κ1) is 10.5. The molecule has 1 aromatic rings. The summed E-state index contributed by atoms with van der Waals surface area (Å²) in [5.74, 6) is 0.357. The Hall–Kier alpha value is -1.02. The van der Waals surface area contributed by atoms with Crippen molar-refractivity contribution in [2.75, 3.05) is 18.0 Å². The molecule has 2 nitrogen and oxygen atoms in total. The zero-order valence-corrected chi connectivity index (χ0v) is 9.55. The molecule has 1 heterocycles. The molecule has 0 atom stereocenters. The van der Waals surface area contributed by atoms with Crippen LogP contribution in [0, 0.1) is 6.92 Å². The van der Waals surface area contributed by atoms with E-state index >= 15 is 0 Å². The monoisotopic (exact) mass is 223 g/mol. The predicted molar refractivity (Wildman–Crippen MR) is 62.6 cm³/mol. The summed E-state index contributed by atoms with van der Waals surface area (Å²) in [6.45, 7) is 3.64. The van der Waals surface area contributed by atoms with E-state index in [4.69, 9.17) is 11.6 Å². The number of hydrogen-bond donors (Lipinski definition) is 0. The number of ketones is 1. The molecule has 0 unspecified atom stereocenters. The van der Waals surface area contributed by atoms with E-state index in [0.29, 0.717) is 18.6 Å². The van der Waals surface area contributed by atoms with Crippen molar-refractivity contribution in [2.45, 2.75) is 19.8 Å². The van der Waals surface area contributed by atoms with Crippen LogP contribution in [0.2, 0.25) is 5.02 Å². The first-order chi connectivity index (χ1) is 7.16. The van der Waals surface area contributed by atoms with Gasteiger partial charge in [-0.15, -0.1) is 0 Å². The number of rotatable bonds is 1. The van der Waals surface area contributed by atoms with Gasteiger partial charge in [0.1, 0.15) is 5.78 Å². The molecular weight excluding hydrogens is 210 g/mol. The maximum Gasteiger partial charge on any atom is 0.136 e. The van der Waals surface area contributed by atoms with Crippen LogP contribution in [0.3, 0.4) is 0 Å². The number of benzene rings is 1. The second-order valence-corrected chi connectivity index (χ2v) is 4.39. The Kier molecular flexibility index (Phi) is 2.96. The fourth-order valence-electron chi connectivity index (χ4n) is 1.86. The lowest BCUT2D eigenvalue weighted by Gasteiger charge is -2.29. The van der Waals surface area contributed by atoms with Crippen molar-refractivity contribution in [1.29, 1.82) is 0 Å². The molecule has 1 aliphatic rings. The van der Waals surface area contributed by atoms with E-state index in [9.17, 15) is 4.79 Å². The molecule has 0 N–H and O–H groups in total. The van der Waals surface area contributed by atoms with Gasteiger partial charge in [-0.05, 0) is 24.6 Å². The van der Waals surface area contributed by atoms with Gasteiger partial charge in [0, 0.05) is 25.9 Å². The maximum absolute atomic E-state index is 11.1. The fourth-order valence-corrected chi connectivity index (χ4v) is 2.10. The Morgan fingerprint density at radius 2 is 1.93 bits per heavy atom. The Labute approximate surface area is 94.8 Å². The molecule has 1 fully saturated rings. The third kappa shape index (κ3) is 2.32. The summed E-state index contributed by atoms with van der Waals surface area (Å²) in [7, 11) is 0. The van der Waals surface area contributed by atoms with Crippen LogP contribution in [0.1, 0.15) is 18.4 Å². The van der Waals surface area contributed by atoms with Crippen LogP contribution in [0.5, 0.6) is 0 Å². The summed E-state index contributed by atoms with van der Waals surface area (Å²) < 4.78 is 0. The first-order valence-corrected chi connectivity index (χ1v) is 5.57. The van der Waals surface area contributed by atoms with E-state index in [0.717, 1.165) is 23.8 Å². The third-order valence-corrected chi connectivity index (χ3v) is 3.08. The third-order valence-electron chi connectivity index (χ3n) is 2.76. The molecule has 1 saturated heterocycles. The van der Waals surface area contributed by atoms with Crippen molar-refractivity contribution in [3.63, 3.8) is 0 Å². The van der Waals surface area contributed by atoms with Gasteiger partial charge in [-0.25, -0.2) is 0 Å². The molecule has 80 valence electrons. The van der Waals surface area contributed by atoms with E-state index in [1.807, 2.05) is 12.1 Å². The van der Waals surface area contributed by atoms with Crippen molar-refractivity contribution in [2.24, 2.45) is 0 Å². The van der Waals surface area contributed by atoms with Gasteiger partial charge in [0.15, 0.2) is 0 Å². The quantitative estimate of drug-likeness (QED) is 0.730. The second kappa shape index (κ2) is 4.23. The molecule has 0 saturated carbocycles. The van der Waals surface area contributed by atoms with Crippen LogP contribution in [0.15, 0.2) is 18.2 Å². The number of aryl methyl sites for hydroxylation is 1. The number of nitrogens with zero attached hydrogens (tertiary/aromatic N) is 1. The molecule has 1 aromatic carbocycles. The standard InChI is InChI=1S/C12H14ClNO/c1-9-2-3-11(13)12(8-9)14-6-4-10(15)5-7-14/h2-3,8H,4-7H2,1H3. The topological polar surface area (TPSA) is 20.3 Å². The van der Waals surface area contributed by atoms with Gasteiger partial charge in [-0.2, -0.15) is 0 Å². The van der Waals surface area contributed by atoms with Crippen molar-refractivity contribution >= 4 is 23.1 Å².